The Hall–Kier alpha value is -2.64. The average molecular weight is 932 g/mol. The molecule has 0 radical (unpaired) electrons. The predicted molar refractivity (Wildman–Crippen MR) is 298 cm³/mol. The van der Waals surface area contributed by atoms with Crippen LogP contribution in [0.2, 0.25) is 0 Å². The Balaban J connectivity index is 1.12. The van der Waals surface area contributed by atoms with Gasteiger partial charge >= 0.3 is 0 Å². The van der Waals surface area contributed by atoms with Crippen LogP contribution in [-0.4, -0.2) is 42.8 Å². The quantitative estimate of drug-likeness (QED) is 0.0194. The predicted octanol–water partition coefficient (Wildman–Crippen LogP) is 18.5. The lowest BCUT2D eigenvalue weighted by molar-refractivity contribution is 0.362. The molecule has 0 saturated heterocycles. The normalized spacial score (nSPS) is 15.0. The zero-order valence-corrected chi connectivity index (χ0v) is 43.4. The Kier molecular flexibility index (Phi) is 18.8. The van der Waals surface area contributed by atoms with Crippen molar-refractivity contribution in [1.82, 2.24) is 9.80 Å². The molecular weight excluding hydrogens is 853 g/mol. The second-order valence-corrected chi connectivity index (χ2v) is 21.3. The lowest BCUT2D eigenvalue weighted by Gasteiger charge is -2.35. The first-order valence-corrected chi connectivity index (χ1v) is 27.9. The molecule has 0 aromatic heterocycles. The van der Waals surface area contributed by atoms with Crippen molar-refractivity contribution in [3.8, 4) is 0 Å². The SMILES string of the molecule is CCCCCCCCC(CCCCCC)CCN1C(=S)c2ccc3c4ccc5c6c(ccc(c7ccc(c2c37)C1=S)c64)C(=S)N(CCC(CCCCCC)CCCCCCCC)C5=S. The van der Waals surface area contributed by atoms with Crippen LogP contribution >= 0.6 is 48.9 Å². The Labute approximate surface area is 409 Å². The number of thiocarbonyl (C=S) groups is 4. The third-order valence-corrected chi connectivity index (χ3v) is 17.0. The van der Waals surface area contributed by atoms with E-state index in [0.29, 0.717) is 0 Å². The van der Waals surface area contributed by atoms with Crippen LogP contribution < -0.4 is 0 Å². The van der Waals surface area contributed by atoms with E-state index in [1.54, 1.807) is 0 Å². The van der Waals surface area contributed by atoms with E-state index in [-0.39, 0.29) is 0 Å². The number of hydrogen-bond donors (Lipinski definition) is 0. The summed E-state index contributed by atoms with van der Waals surface area (Å²) in [6.45, 7) is 11.0. The summed E-state index contributed by atoms with van der Waals surface area (Å²) in [5, 5.41) is 10.1. The molecule has 64 heavy (non-hydrogen) atoms. The number of nitrogens with zero attached hydrogens (tertiary/aromatic N) is 2. The van der Waals surface area contributed by atoms with Gasteiger partial charge in [-0.1, -0.05) is 279 Å². The molecule has 0 saturated carbocycles. The van der Waals surface area contributed by atoms with Crippen molar-refractivity contribution in [2.45, 2.75) is 195 Å². The van der Waals surface area contributed by atoms with Crippen LogP contribution in [0.5, 0.6) is 0 Å². The van der Waals surface area contributed by atoms with Gasteiger partial charge in [0.2, 0.25) is 0 Å². The molecule has 2 unspecified atom stereocenters. The van der Waals surface area contributed by atoms with Gasteiger partial charge in [0, 0.05) is 46.1 Å². The summed E-state index contributed by atoms with van der Waals surface area (Å²) in [5.41, 5.74) is 4.62. The van der Waals surface area contributed by atoms with Crippen molar-refractivity contribution in [2.24, 2.45) is 11.8 Å². The lowest BCUT2D eigenvalue weighted by atomic mass is 9.82. The Morgan fingerprint density at radius 2 is 0.562 bits per heavy atom. The molecule has 7 rings (SSSR count). The van der Waals surface area contributed by atoms with Crippen molar-refractivity contribution in [2.75, 3.05) is 13.1 Å². The van der Waals surface area contributed by atoms with E-state index in [2.05, 4.69) is 86.0 Å². The smallest absolute Gasteiger partial charge is 0.114 e. The van der Waals surface area contributed by atoms with Crippen molar-refractivity contribution in [1.29, 1.82) is 0 Å². The first-order valence-electron chi connectivity index (χ1n) is 26.3. The van der Waals surface area contributed by atoms with Crippen molar-refractivity contribution >= 4 is 112 Å². The van der Waals surface area contributed by atoms with Gasteiger partial charge in [-0.3, -0.25) is 0 Å². The van der Waals surface area contributed by atoms with E-state index in [9.17, 15) is 0 Å². The summed E-state index contributed by atoms with van der Waals surface area (Å²) in [6.07, 6.45) is 34.5. The minimum atomic E-state index is 0.726. The van der Waals surface area contributed by atoms with Crippen LogP contribution in [0.3, 0.4) is 0 Å². The molecule has 2 nitrogen and oxygen atoms in total. The fourth-order valence-electron chi connectivity index (χ4n) is 11.4. The number of fused-ring (bicyclic) bond motifs is 2. The highest BCUT2D eigenvalue weighted by Crippen LogP contribution is 2.47. The molecule has 2 atom stereocenters. The number of rotatable bonds is 30. The van der Waals surface area contributed by atoms with Crippen LogP contribution in [0.25, 0.3) is 43.1 Å². The van der Waals surface area contributed by atoms with Crippen LogP contribution in [0.1, 0.15) is 217 Å². The summed E-state index contributed by atoms with van der Waals surface area (Å²) in [6, 6.07) is 18.5. The van der Waals surface area contributed by atoms with Gasteiger partial charge < -0.3 is 9.80 Å². The molecule has 5 aromatic carbocycles. The number of hydrogen-bond acceptors (Lipinski definition) is 4. The van der Waals surface area contributed by atoms with Crippen LogP contribution in [0.4, 0.5) is 0 Å². The number of unbranched alkanes of at least 4 members (excludes halogenated alkanes) is 16. The molecule has 0 spiro atoms. The summed E-state index contributed by atoms with van der Waals surface area (Å²) in [5.74, 6) is 1.45. The fraction of sp³-hybridized carbons (Fsp3) is 0.586. The molecular formula is C58H78N2S4. The zero-order valence-electron chi connectivity index (χ0n) is 40.1. The molecule has 344 valence electrons. The minimum Gasteiger partial charge on any atom is -0.323 e. The molecule has 2 aliphatic heterocycles. The van der Waals surface area contributed by atoms with E-state index in [4.69, 9.17) is 48.9 Å². The third kappa shape index (κ3) is 11.0. The van der Waals surface area contributed by atoms with E-state index in [1.165, 1.54) is 197 Å². The first-order chi connectivity index (χ1) is 31.3. The second kappa shape index (κ2) is 24.4. The molecule has 2 aliphatic rings. The maximum absolute atomic E-state index is 6.40. The van der Waals surface area contributed by atoms with Gasteiger partial charge in [0.15, 0.2) is 0 Å². The van der Waals surface area contributed by atoms with Crippen molar-refractivity contribution in [3.63, 3.8) is 0 Å². The highest BCUT2D eigenvalue weighted by atomic mass is 32.1. The van der Waals surface area contributed by atoms with Gasteiger partial charge in [-0.05, 0) is 57.0 Å². The standard InChI is InChI=1S/C58H78N2S4/c1-5-9-13-17-19-23-27-41(25-21-15-11-7-3)37-39-59-55(61)47-33-29-43-45-31-35-49-54-50(36-32-46(52(45)54)44-30-34-48(56(59)62)53(47)51(43)44)58(64)60(57(49)63)40-38-42(26-22-16-12-8-4)28-24-20-18-14-10-6-2/h29-36,41-42H,5-28,37-40H2,1-4H3. The number of benzene rings is 5. The van der Waals surface area contributed by atoms with E-state index in [0.717, 1.165) is 80.0 Å². The Bertz CT molecular complexity index is 2090. The summed E-state index contributed by atoms with van der Waals surface area (Å²) < 4.78 is 0. The lowest BCUT2D eigenvalue weighted by Crippen LogP contribution is -2.40. The van der Waals surface area contributed by atoms with Gasteiger partial charge in [0.1, 0.15) is 20.0 Å². The van der Waals surface area contributed by atoms with Crippen LogP contribution in [-0.2, 0) is 0 Å². The largest absolute Gasteiger partial charge is 0.323 e. The fourth-order valence-corrected chi connectivity index (χ4v) is 12.9. The first kappa shape index (κ1) is 49.3. The van der Waals surface area contributed by atoms with Crippen LogP contribution in [0, 0.1) is 11.8 Å². The minimum absolute atomic E-state index is 0.726. The maximum Gasteiger partial charge on any atom is 0.114 e. The summed E-state index contributed by atoms with van der Waals surface area (Å²) in [4.78, 5) is 8.20. The van der Waals surface area contributed by atoms with Crippen molar-refractivity contribution < 1.29 is 0 Å². The van der Waals surface area contributed by atoms with Gasteiger partial charge in [-0.2, -0.15) is 0 Å². The monoisotopic (exact) mass is 931 g/mol. The Morgan fingerprint density at radius 3 is 0.844 bits per heavy atom. The van der Waals surface area contributed by atoms with E-state index in [1.807, 2.05) is 0 Å². The second-order valence-electron chi connectivity index (χ2n) is 19.8. The highest BCUT2D eigenvalue weighted by molar-refractivity contribution is 7.83. The van der Waals surface area contributed by atoms with E-state index < -0.39 is 0 Å². The summed E-state index contributed by atoms with van der Waals surface area (Å²) >= 11 is 25.6. The van der Waals surface area contributed by atoms with E-state index >= 15 is 0 Å². The topological polar surface area (TPSA) is 6.48 Å². The van der Waals surface area contributed by atoms with Gasteiger partial charge in [0.25, 0.3) is 0 Å². The highest BCUT2D eigenvalue weighted by Gasteiger charge is 2.33. The van der Waals surface area contributed by atoms with Crippen LogP contribution in [0.15, 0.2) is 48.5 Å². The zero-order chi connectivity index (χ0) is 45.0. The third-order valence-electron chi connectivity index (χ3n) is 15.2. The van der Waals surface area contributed by atoms with Gasteiger partial charge in [-0.25, -0.2) is 0 Å². The maximum atomic E-state index is 6.40. The van der Waals surface area contributed by atoms with Crippen molar-refractivity contribution in [3.05, 3.63) is 70.8 Å². The molecule has 0 N–H and O–H groups in total. The van der Waals surface area contributed by atoms with Gasteiger partial charge in [0.05, 0.1) is 0 Å². The molecule has 0 aliphatic carbocycles. The molecule has 0 fully saturated rings. The molecule has 5 aromatic rings. The molecule has 2 heterocycles. The molecule has 0 bridgehead atoms. The molecule has 6 heteroatoms. The van der Waals surface area contributed by atoms with Gasteiger partial charge in [-0.15, -0.1) is 0 Å². The molecule has 0 amide bonds. The Morgan fingerprint density at radius 1 is 0.312 bits per heavy atom. The average Bonchev–Trinajstić information content (AvgIpc) is 3.31. The summed E-state index contributed by atoms with van der Waals surface area (Å²) in [7, 11) is 0.